The molecule has 0 aromatic heterocycles. The highest BCUT2D eigenvalue weighted by molar-refractivity contribution is 6.36. The van der Waals surface area contributed by atoms with E-state index in [1.54, 1.807) is 0 Å². The Morgan fingerprint density at radius 3 is 2.59 bits per heavy atom. The topological polar surface area (TPSA) is 73.2 Å². The third-order valence-electron chi connectivity index (χ3n) is 2.87. The van der Waals surface area contributed by atoms with Crippen molar-refractivity contribution in [2.45, 2.75) is 26.7 Å². The molecule has 1 aliphatic heterocycles. The summed E-state index contributed by atoms with van der Waals surface area (Å²) in [6.45, 7) is 7.09. The molecule has 0 spiro atoms. The van der Waals surface area contributed by atoms with Crippen molar-refractivity contribution in [2.24, 2.45) is 5.10 Å². The molecule has 96 valence electrons. The standard InChI is InChI=1S/C11H19N3O3/c1-3-13(4-2)7-8-14-10(15)6-5-9(12-14)11(16)17/h3-8H2,1-2H3,(H,16,17). The number of hydrazone groups is 1. The molecule has 1 N–H and O–H groups in total. The van der Waals surface area contributed by atoms with Gasteiger partial charge in [0.05, 0.1) is 6.54 Å². The van der Waals surface area contributed by atoms with E-state index in [2.05, 4.69) is 10.0 Å². The molecule has 0 saturated carbocycles. The fraction of sp³-hybridized carbons (Fsp3) is 0.727. The summed E-state index contributed by atoms with van der Waals surface area (Å²) in [5.41, 5.74) is 0.0733. The van der Waals surface area contributed by atoms with Gasteiger partial charge >= 0.3 is 5.97 Å². The van der Waals surface area contributed by atoms with E-state index in [4.69, 9.17) is 5.11 Å². The number of nitrogens with zero attached hydrogens (tertiary/aromatic N) is 3. The van der Waals surface area contributed by atoms with Crippen LogP contribution in [0.3, 0.4) is 0 Å². The van der Waals surface area contributed by atoms with Crippen LogP contribution >= 0.6 is 0 Å². The Bertz CT molecular complexity index is 324. The normalized spacial score (nSPS) is 16.3. The minimum absolute atomic E-state index is 0.0733. The monoisotopic (exact) mass is 241 g/mol. The van der Waals surface area contributed by atoms with Crippen LogP contribution < -0.4 is 0 Å². The number of likely N-dealkylation sites (N-methyl/N-ethyl adjacent to an activating group) is 1. The molecule has 0 atom stereocenters. The lowest BCUT2D eigenvalue weighted by molar-refractivity contribution is -0.133. The van der Waals surface area contributed by atoms with Gasteiger partial charge in [0, 0.05) is 19.4 Å². The lowest BCUT2D eigenvalue weighted by Crippen LogP contribution is -2.39. The van der Waals surface area contributed by atoms with Crippen LogP contribution in [0.4, 0.5) is 0 Å². The number of rotatable bonds is 6. The van der Waals surface area contributed by atoms with Gasteiger partial charge in [-0.05, 0) is 13.1 Å². The Labute approximate surface area is 101 Å². The number of carboxylic acid groups (broad SMARTS) is 1. The molecule has 17 heavy (non-hydrogen) atoms. The third kappa shape index (κ3) is 3.81. The van der Waals surface area contributed by atoms with Gasteiger partial charge in [0.2, 0.25) is 5.91 Å². The van der Waals surface area contributed by atoms with Crippen LogP contribution in [0, 0.1) is 0 Å². The lowest BCUT2D eigenvalue weighted by atomic mass is 10.2. The molecule has 0 saturated heterocycles. The average molecular weight is 241 g/mol. The maximum atomic E-state index is 11.6. The number of hydrogen-bond donors (Lipinski definition) is 1. The van der Waals surface area contributed by atoms with E-state index < -0.39 is 5.97 Å². The summed E-state index contributed by atoms with van der Waals surface area (Å²) >= 11 is 0. The van der Waals surface area contributed by atoms with Crippen molar-refractivity contribution < 1.29 is 14.7 Å². The first-order valence-electron chi connectivity index (χ1n) is 5.92. The molecular weight excluding hydrogens is 222 g/mol. The molecule has 6 heteroatoms. The molecule has 0 aromatic carbocycles. The lowest BCUT2D eigenvalue weighted by Gasteiger charge is -2.25. The quantitative estimate of drug-likeness (QED) is 0.730. The van der Waals surface area contributed by atoms with Gasteiger partial charge in [0.25, 0.3) is 0 Å². The predicted octanol–water partition coefficient (Wildman–Crippen LogP) is 0.391. The van der Waals surface area contributed by atoms with Crippen LogP contribution in [0.15, 0.2) is 5.10 Å². The first-order valence-corrected chi connectivity index (χ1v) is 5.92. The highest BCUT2D eigenvalue weighted by Crippen LogP contribution is 2.09. The number of carbonyl (C=O) groups excluding carboxylic acids is 1. The van der Waals surface area contributed by atoms with E-state index in [0.29, 0.717) is 6.54 Å². The summed E-state index contributed by atoms with van der Waals surface area (Å²) < 4.78 is 0. The van der Waals surface area contributed by atoms with Crippen molar-refractivity contribution in [1.82, 2.24) is 9.91 Å². The summed E-state index contributed by atoms with van der Waals surface area (Å²) in [6, 6.07) is 0. The molecule has 0 aliphatic carbocycles. The largest absolute Gasteiger partial charge is 0.477 e. The van der Waals surface area contributed by atoms with E-state index in [9.17, 15) is 9.59 Å². The van der Waals surface area contributed by atoms with Crippen molar-refractivity contribution >= 4 is 17.6 Å². The zero-order chi connectivity index (χ0) is 12.8. The van der Waals surface area contributed by atoms with E-state index in [1.165, 1.54) is 5.01 Å². The molecule has 6 nitrogen and oxygen atoms in total. The van der Waals surface area contributed by atoms with Gasteiger partial charge in [0.15, 0.2) is 0 Å². The van der Waals surface area contributed by atoms with Crippen LogP contribution in [0.25, 0.3) is 0 Å². The summed E-state index contributed by atoms with van der Waals surface area (Å²) in [5.74, 6) is -1.13. The Hall–Kier alpha value is -1.43. The Morgan fingerprint density at radius 1 is 1.41 bits per heavy atom. The molecule has 0 radical (unpaired) electrons. The van der Waals surface area contributed by atoms with E-state index in [0.717, 1.165) is 19.6 Å². The molecular formula is C11H19N3O3. The van der Waals surface area contributed by atoms with Crippen molar-refractivity contribution in [2.75, 3.05) is 26.2 Å². The zero-order valence-corrected chi connectivity index (χ0v) is 10.3. The van der Waals surface area contributed by atoms with Gasteiger partial charge < -0.3 is 10.0 Å². The second-order valence-electron chi connectivity index (χ2n) is 3.90. The highest BCUT2D eigenvalue weighted by atomic mass is 16.4. The molecule has 0 fully saturated rings. The number of carboxylic acids is 1. The summed E-state index contributed by atoms with van der Waals surface area (Å²) in [5, 5.41) is 14.0. The Balaban J connectivity index is 2.58. The van der Waals surface area contributed by atoms with Crippen LogP contribution in [0.2, 0.25) is 0 Å². The van der Waals surface area contributed by atoms with E-state index >= 15 is 0 Å². The number of hydrogen-bond acceptors (Lipinski definition) is 4. The zero-order valence-electron chi connectivity index (χ0n) is 10.3. The SMILES string of the molecule is CCN(CC)CCN1N=C(C(=O)O)CCC1=O. The first kappa shape index (κ1) is 13.6. The number of carbonyl (C=O) groups is 2. The van der Waals surface area contributed by atoms with Gasteiger partial charge in [-0.1, -0.05) is 13.8 Å². The first-order chi connectivity index (χ1) is 8.08. The maximum Gasteiger partial charge on any atom is 0.352 e. The van der Waals surface area contributed by atoms with Crippen molar-refractivity contribution in [3.8, 4) is 0 Å². The molecule has 0 aromatic rings. The second kappa shape index (κ2) is 6.34. The predicted molar refractivity (Wildman–Crippen MR) is 63.8 cm³/mol. The summed E-state index contributed by atoms with van der Waals surface area (Å²) in [6.07, 6.45) is 0.472. The third-order valence-corrected chi connectivity index (χ3v) is 2.87. The van der Waals surface area contributed by atoms with Crippen LogP contribution in [-0.4, -0.2) is 58.8 Å². The average Bonchev–Trinajstić information content (AvgIpc) is 2.32. The second-order valence-corrected chi connectivity index (χ2v) is 3.90. The molecule has 0 bridgehead atoms. The minimum Gasteiger partial charge on any atom is -0.477 e. The summed E-state index contributed by atoms with van der Waals surface area (Å²) in [4.78, 5) is 24.5. The van der Waals surface area contributed by atoms with E-state index in [-0.39, 0.29) is 24.5 Å². The van der Waals surface area contributed by atoms with Crippen LogP contribution in [0.5, 0.6) is 0 Å². The molecule has 1 aliphatic rings. The number of aliphatic carboxylic acids is 1. The smallest absolute Gasteiger partial charge is 0.352 e. The fourth-order valence-electron chi connectivity index (χ4n) is 1.71. The van der Waals surface area contributed by atoms with Crippen molar-refractivity contribution in [3.05, 3.63) is 0 Å². The van der Waals surface area contributed by atoms with Crippen molar-refractivity contribution in [3.63, 3.8) is 0 Å². The molecule has 1 rings (SSSR count). The maximum absolute atomic E-state index is 11.6. The van der Waals surface area contributed by atoms with Crippen molar-refractivity contribution in [1.29, 1.82) is 0 Å². The Morgan fingerprint density at radius 2 is 2.06 bits per heavy atom. The van der Waals surface area contributed by atoms with E-state index in [1.807, 2.05) is 13.8 Å². The van der Waals surface area contributed by atoms with Gasteiger partial charge in [-0.25, -0.2) is 9.80 Å². The molecule has 1 amide bonds. The van der Waals surface area contributed by atoms with Gasteiger partial charge in [-0.2, -0.15) is 5.10 Å². The fourth-order valence-corrected chi connectivity index (χ4v) is 1.71. The molecule has 0 unspecified atom stereocenters. The molecule has 1 heterocycles. The van der Waals surface area contributed by atoms with Crippen LogP contribution in [0.1, 0.15) is 26.7 Å². The van der Waals surface area contributed by atoms with Gasteiger partial charge in [-0.15, -0.1) is 0 Å². The number of amides is 1. The highest BCUT2D eigenvalue weighted by Gasteiger charge is 2.23. The Kier molecular flexibility index (Phi) is 5.09. The van der Waals surface area contributed by atoms with Gasteiger partial charge in [0.1, 0.15) is 5.71 Å². The van der Waals surface area contributed by atoms with Crippen LogP contribution in [-0.2, 0) is 9.59 Å². The van der Waals surface area contributed by atoms with Gasteiger partial charge in [-0.3, -0.25) is 4.79 Å². The summed E-state index contributed by atoms with van der Waals surface area (Å²) in [7, 11) is 0. The minimum atomic E-state index is -1.04.